The van der Waals surface area contributed by atoms with Crippen molar-refractivity contribution < 1.29 is 9.53 Å². The quantitative estimate of drug-likeness (QED) is 0.269. The van der Waals surface area contributed by atoms with Gasteiger partial charge in [0.05, 0.1) is 11.8 Å². The summed E-state index contributed by atoms with van der Waals surface area (Å²) in [7, 11) is 0. The summed E-state index contributed by atoms with van der Waals surface area (Å²) in [5.41, 5.74) is 3.05. The number of piperazine rings is 1. The number of fused-ring (bicyclic) bond motifs is 3. The highest BCUT2D eigenvalue weighted by atomic mass is 16.5. The Kier molecular flexibility index (Phi) is 8.11. The molecule has 2 saturated heterocycles. The Balaban J connectivity index is 0.814. The van der Waals surface area contributed by atoms with Gasteiger partial charge in [-0.2, -0.15) is 0 Å². The molecule has 3 aliphatic carbocycles. The van der Waals surface area contributed by atoms with Crippen molar-refractivity contribution in [3.63, 3.8) is 0 Å². The zero-order valence-corrected chi connectivity index (χ0v) is 27.1. The zero-order chi connectivity index (χ0) is 30.4. The van der Waals surface area contributed by atoms with E-state index in [1.165, 1.54) is 96.9 Å². The second kappa shape index (κ2) is 12.4. The smallest absolute Gasteiger partial charge is 0.153 e. The minimum Gasteiger partial charge on any atom is -0.455 e. The first-order valence-corrected chi connectivity index (χ1v) is 18.0. The van der Waals surface area contributed by atoms with Gasteiger partial charge < -0.3 is 19.5 Å². The van der Waals surface area contributed by atoms with Gasteiger partial charge in [0.25, 0.3) is 0 Å². The van der Waals surface area contributed by atoms with E-state index in [1.807, 2.05) is 30.5 Å². The summed E-state index contributed by atoms with van der Waals surface area (Å²) >= 11 is 0. The molecule has 5 aliphatic rings. The van der Waals surface area contributed by atoms with Gasteiger partial charge in [-0.05, 0) is 105 Å². The fourth-order valence-electron chi connectivity index (χ4n) is 9.99. The van der Waals surface area contributed by atoms with Gasteiger partial charge in [-0.25, -0.2) is 4.98 Å². The topological polar surface area (TPSA) is 64.7 Å². The van der Waals surface area contributed by atoms with Crippen LogP contribution < -0.4 is 9.64 Å². The number of nitrogens with zero attached hydrogens (tertiary/aromatic N) is 4. The highest BCUT2D eigenvalue weighted by Crippen LogP contribution is 2.52. The Labute approximate surface area is 268 Å². The molecule has 4 unspecified atom stereocenters. The summed E-state index contributed by atoms with van der Waals surface area (Å²) in [6, 6.07) is 10.7. The molecule has 4 atom stereocenters. The lowest BCUT2D eigenvalue weighted by Gasteiger charge is -2.56. The van der Waals surface area contributed by atoms with Crippen LogP contribution in [0.5, 0.6) is 11.5 Å². The van der Waals surface area contributed by atoms with Crippen molar-refractivity contribution in [2.24, 2.45) is 29.1 Å². The molecular weight excluding hydrogens is 558 g/mol. The molecule has 3 saturated carbocycles. The Hall–Kier alpha value is -2.90. The van der Waals surface area contributed by atoms with E-state index in [2.05, 4.69) is 37.7 Å². The van der Waals surface area contributed by atoms with E-state index in [0.29, 0.717) is 22.5 Å². The number of piperidine rings is 1. The monoisotopic (exact) mass is 609 g/mol. The zero-order valence-electron chi connectivity index (χ0n) is 27.1. The van der Waals surface area contributed by atoms with Gasteiger partial charge in [0.1, 0.15) is 17.1 Å². The van der Waals surface area contributed by atoms with Crippen LogP contribution in [0, 0.1) is 29.1 Å². The lowest BCUT2D eigenvalue weighted by Crippen LogP contribution is -2.59. The summed E-state index contributed by atoms with van der Waals surface area (Å²) < 4.78 is 6.20. The van der Waals surface area contributed by atoms with Crippen molar-refractivity contribution >= 4 is 23.0 Å². The molecule has 2 aromatic heterocycles. The first kappa shape index (κ1) is 29.5. The SMILES string of the molecule is CCC1CC2CCC(CN3CCN(C4CC5(CCN(c6ccc(C=O)c(Oc7cnc8[nH]ccc8c7)c6)CC5)C4)CC3)C(C1)C2. The fourth-order valence-corrected chi connectivity index (χ4v) is 9.99. The first-order valence-electron chi connectivity index (χ1n) is 18.0. The molecule has 1 N–H and O–H groups in total. The molecule has 8 rings (SSSR count). The number of aldehydes is 1. The van der Waals surface area contributed by atoms with Gasteiger partial charge >= 0.3 is 0 Å². The lowest BCUT2D eigenvalue weighted by atomic mass is 9.60. The van der Waals surface area contributed by atoms with Crippen molar-refractivity contribution in [3.05, 3.63) is 48.3 Å². The molecule has 7 nitrogen and oxygen atoms in total. The maximum Gasteiger partial charge on any atom is 0.153 e. The molecule has 3 aromatic rings. The number of rotatable bonds is 8. The minimum atomic E-state index is 0.521. The third kappa shape index (κ3) is 6.03. The molecule has 2 aliphatic heterocycles. The number of hydrogen-bond donors (Lipinski definition) is 1. The van der Waals surface area contributed by atoms with E-state index in [0.717, 1.165) is 65.8 Å². The fraction of sp³-hybridized carbons (Fsp3) is 0.632. The number of pyridine rings is 1. The number of anilines is 1. The van der Waals surface area contributed by atoms with Crippen LogP contribution in [0.3, 0.4) is 0 Å². The van der Waals surface area contributed by atoms with E-state index in [1.54, 1.807) is 6.20 Å². The van der Waals surface area contributed by atoms with Crippen LogP contribution >= 0.6 is 0 Å². The number of carbonyl (C=O) groups excluding carboxylic acids is 1. The predicted molar refractivity (Wildman–Crippen MR) is 180 cm³/mol. The molecule has 7 heteroatoms. The number of aromatic amines is 1. The van der Waals surface area contributed by atoms with Gasteiger partial charge in [0, 0.05) is 75.2 Å². The number of hydrogen-bond acceptors (Lipinski definition) is 6. The Morgan fingerprint density at radius 2 is 1.84 bits per heavy atom. The Bertz CT molecular complexity index is 1480. The van der Waals surface area contributed by atoms with Gasteiger partial charge in [-0.3, -0.25) is 9.69 Å². The van der Waals surface area contributed by atoms with Crippen LogP contribution in [-0.4, -0.2) is 77.9 Å². The van der Waals surface area contributed by atoms with Crippen LogP contribution in [-0.2, 0) is 0 Å². The average molecular weight is 610 g/mol. The molecule has 4 heterocycles. The van der Waals surface area contributed by atoms with E-state index in [9.17, 15) is 4.79 Å². The van der Waals surface area contributed by atoms with Crippen LogP contribution in [0.1, 0.15) is 81.5 Å². The van der Waals surface area contributed by atoms with Crippen molar-refractivity contribution in [3.8, 4) is 11.5 Å². The summed E-state index contributed by atoms with van der Waals surface area (Å²) in [5, 5.41) is 0.991. The summed E-state index contributed by atoms with van der Waals surface area (Å²) in [4.78, 5) is 27.5. The molecule has 240 valence electrons. The van der Waals surface area contributed by atoms with Crippen molar-refractivity contribution in [1.82, 2.24) is 19.8 Å². The highest BCUT2D eigenvalue weighted by Gasteiger charge is 2.48. The molecular formula is C38H51N5O2. The molecule has 45 heavy (non-hydrogen) atoms. The third-order valence-corrected chi connectivity index (χ3v) is 12.8. The second-order valence-electron chi connectivity index (χ2n) is 15.4. The van der Waals surface area contributed by atoms with E-state index >= 15 is 0 Å². The summed E-state index contributed by atoms with van der Waals surface area (Å²) in [6.07, 6.45) is 18.7. The van der Waals surface area contributed by atoms with Gasteiger partial charge in [-0.1, -0.05) is 19.8 Å². The largest absolute Gasteiger partial charge is 0.455 e. The molecule has 5 fully saturated rings. The maximum atomic E-state index is 11.8. The molecule has 2 bridgehead atoms. The third-order valence-electron chi connectivity index (χ3n) is 12.8. The summed E-state index contributed by atoms with van der Waals surface area (Å²) in [6.45, 7) is 11.0. The van der Waals surface area contributed by atoms with E-state index in [4.69, 9.17) is 4.74 Å². The van der Waals surface area contributed by atoms with Crippen LogP contribution in [0.4, 0.5) is 5.69 Å². The molecule has 1 spiro atoms. The van der Waals surface area contributed by atoms with Crippen molar-refractivity contribution in [2.75, 3.05) is 50.7 Å². The predicted octanol–water partition coefficient (Wildman–Crippen LogP) is 7.39. The maximum absolute atomic E-state index is 11.8. The van der Waals surface area contributed by atoms with Crippen molar-refractivity contribution in [1.29, 1.82) is 0 Å². The standard InChI is InChI=1S/C38H51N5O2/c1-2-27-17-28-3-4-30(32(18-27)19-28)25-41-13-15-43(16-14-41)34-22-38(23-34)8-11-42(12-9-38)33-6-5-31(26-44)36(21-33)45-35-20-29-7-10-39-37(29)40-24-35/h5-7,10,20-21,24,26-28,30,32,34H,2-4,8-9,11-19,22-23,25H2,1H3,(H,39,40). The van der Waals surface area contributed by atoms with Gasteiger partial charge in [-0.15, -0.1) is 0 Å². The van der Waals surface area contributed by atoms with Crippen LogP contribution in [0.2, 0.25) is 0 Å². The average Bonchev–Trinajstić information content (AvgIpc) is 3.53. The number of ether oxygens (including phenoxy) is 1. The Morgan fingerprint density at radius 3 is 2.64 bits per heavy atom. The van der Waals surface area contributed by atoms with Crippen LogP contribution in [0.15, 0.2) is 42.7 Å². The van der Waals surface area contributed by atoms with E-state index < -0.39 is 0 Å². The van der Waals surface area contributed by atoms with Gasteiger partial charge in [0.15, 0.2) is 6.29 Å². The molecule has 0 amide bonds. The van der Waals surface area contributed by atoms with Crippen LogP contribution in [0.25, 0.3) is 11.0 Å². The number of H-pyrrole nitrogens is 1. The number of benzene rings is 1. The van der Waals surface area contributed by atoms with E-state index in [-0.39, 0.29) is 0 Å². The minimum absolute atomic E-state index is 0.521. The lowest BCUT2D eigenvalue weighted by molar-refractivity contribution is -0.0396. The first-order chi connectivity index (χ1) is 22.1. The highest BCUT2D eigenvalue weighted by molar-refractivity contribution is 5.81. The number of nitrogens with one attached hydrogen (secondary N) is 1. The second-order valence-corrected chi connectivity index (χ2v) is 15.4. The van der Waals surface area contributed by atoms with Crippen molar-refractivity contribution in [2.45, 2.75) is 77.2 Å². The van der Waals surface area contributed by atoms with Gasteiger partial charge in [0.2, 0.25) is 0 Å². The molecule has 0 radical (unpaired) electrons. The number of carbonyl (C=O) groups is 1. The summed E-state index contributed by atoms with van der Waals surface area (Å²) in [5.74, 6) is 5.26. The Morgan fingerprint density at radius 1 is 1.00 bits per heavy atom. The number of aromatic nitrogens is 2. The molecule has 1 aromatic carbocycles. The normalized spacial score (nSPS) is 29.1.